The number of nitrogens with zero attached hydrogens (tertiary/aromatic N) is 1. The first-order chi connectivity index (χ1) is 8.08. The summed E-state index contributed by atoms with van der Waals surface area (Å²) in [5, 5.41) is 10.8. The molecule has 2 N–H and O–H groups in total. The lowest BCUT2D eigenvalue weighted by atomic mass is 10.1. The fourth-order valence-electron chi connectivity index (χ4n) is 1.30. The fourth-order valence-corrected chi connectivity index (χ4v) is 1.30. The molecule has 0 bridgehead atoms. The van der Waals surface area contributed by atoms with E-state index in [1.807, 2.05) is 6.92 Å². The van der Waals surface area contributed by atoms with Gasteiger partial charge in [0.05, 0.1) is 11.5 Å². The van der Waals surface area contributed by atoms with Gasteiger partial charge in [0.1, 0.15) is 0 Å². The zero-order chi connectivity index (χ0) is 12.8. The van der Waals surface area contributed by atoms with Gasteiger partial charge in [-0.2, -0.15) is 0 Å². The average Bonchev–Trinajstić information content (AvgIpc) is 2.35. The van der Waals surface area contributed by atoms with Crippen molar-refractivity contribution in [2.75, 3.05) is 6.61 Å². The molecule has 0 radical (unpaired) electrons. The smallest absolute Gasteiger partial charge is 0.310 e. The standard InChI is InChI=1S/C12H18N2O3/c1-3-9(2)8-17-12-6-10(7-13)4-5-11(12)14(15)16/h4-6,9H,3,7-8,13H2,1-2H3. The summed E-state index contributed by atoms with van der Waals surface area (Å²) in [5.74, 6) is 0.675. The highest BCUT2D eigenvalue weighted by Crippen LogP contribution is 2.28. The van der Waals surface area contributed by atoms with E-state index < -0.39 is 4.92 Å². The second kappa shape index (κ2) is 6.20. The van der Waals surface area contributed by atoms with Crippen molar-refractivity contribution in [1.82, 2.24) is 0 Å². The number of nitrogens with two attached hydrogens (primary N) is 1. The lowest BCUT2D eigenvalue weighted by Crippen LogP contribution is -2.09. The van der Waals surface area contributed by atoms with E-state index in [1.54, 1.807) is 12.1 Å². The van der Waals surface area contributed by atoms with Gasteiger partial charge in [0.2, 0.25) is 0 Å². The molecule has 0 aliphatic heterocycles. The summed E-state index contributed by atoms with van der Waals surface area (Å²) in [4.78, 5) is 10.4. The van der Waals surface area contributed by atoms with Crippen molar-refractivity contribution in [1.29, 1.82) is 0 Å². The molecule has 0 aliphatic rings. The van der Waals surface area contributed by atoms with Crippen molar-refractivity contribution < 1.29 is 9.66 Å². The number of nitro benzene ring substituents is 1. The third-order valence-electron chi connectivity index (χ3n) is 2.68. The van der Waals surface area contributed by atoms with Crippen molar-refractivity contribution in [3.8, 4) is 5.75 Å². The lowest BCUT2D eigenvalue weighted by molar-refractivity contribution is -0.385. The zero-order valence-corrected chi connectivity index (χ0v) is 10.2. The molecule has 0 heterocycles. The van der Waals surface area contributed by atoms with Gasteiger partial charge in [0.15, 0.2) is 5.75 Å². The molecule has 0 fully saturated rings. The van der Waals surface area contributed by atoms with Gasteiger partial charge in [0.25, 0.3) is 0 Å². The van der Waals surface area contributed by atoms with Crippen molar-refractivity contribution in [2.24, 2.45) is 11.7 Å². The van der Waals surface area contributed by atoms with Crippen LogP contribution in [0.5, 0.6) is 5.75 Å². The Bertz CT molecular complexity index is 393. The van der Waals surface area contributed by atoms with Crippen LogP contribution in [0, 0.1) is 16.0 Å². The van der Waals surface area contributed by atoms with Crippen LogP contribution < -0.4 is 10.5 Å². The van der Waals surface area contributed by atoms with Gasteiger partial charge in [-0.1, -0.05) is 26.3 Å². The van der Waals surface area contributed by atoms with Gasteiger partial charge in [-0.25, -0.2) is 0 Å². The molecule has 0 saturated heterocycles. The Morgan fingerprint density at radius 2 is 2.24 bits per heavy atom. The maximum absolute atomic E-state index is 10.8. The molecular weight excluding hydrogens is 220 g/mol. The van der Waals surface area contributed by atoms with Crippen molar-refractivity contribution >= 4 is 5.69 Å². The summed E-state index contributed by atoms with van der Waals surface area (Å²) in [7, 11) is 0. The van der Waals surface area contributed by atoms with Gasteiger partial charge in [-0.15, -0.1) is 0 Å². The maximum Gasteiger partial charge on any atom is 0.310 e. The molecular formula is C12H18N2O3. The summed E-state index contributed by atoms with van der Waals surface area (Å²) < 4.78 is 5.50. The van der Waals surface area contributed by atoms with E-state index in [0.29, 0.717) is 24.8 Å². The van der Waals surface area contributed by atoms with Crippen LogP contribution in [0.3, 0.4) is 0 Å². The molecule has 0 aromatic heterocycles. The molecule has 17 heavy (non-hydrogen) atoms. The molecule has 0 aliphatic carbocycles. The molecule has 0 spiro atoms. The largest absolute Gasteiger partial charge is 0.487 e. The summed E-state index contributed by atoms with van der Waals surface area (Å²) in [6.07, 6.45) is 0.977. The van der Waals surface area contributed by atoms with Crippen LogP contribution in [-0.4, -0.2) is 11.5 Å². The highest BCUT2D eigenvalue weighted by molar-refractivity contribution is 5.48. The summed E-state index contributed by atoms with van der Waals surface area (Å²) in [5.41, 5.74) is 6.32. The van der Waals surface area contributed by atoms with Crippen LogP contribution in [0.1, 0.15) is 25.8 Å². The van der Waals surface area contributed by atoms with E-state index in [0.717, 1.165) is 12.0 Å². The second-order valence-corrected chi connectivity index (χ2v) is 4.09. The zero-order valence-electron chi connectivity index (χ0n) is 10.2. The Hall–Kier alpha value is -1.62. The molecule has 0 saturated carbocycles. The maximum atomic E-state index is 10.8. The summed E-state index contributed by atoms with van der Waals surface area (Å²) in [6.45, 7) is 4.92. The van der Waals surface area contributed by atoms with Gasteiger partial charge in [-0.05, 0) is 17.5 Å². The first-order valence-electron chi connectivity index (χ1n) is 5.68. The normalized spacial score (nSPS) is 12.2. The van der Waals surface area contributed by atoms with Crippen LogP contribution in [0.25, 0.3) is 0 Å². The predicted molar refractivity (Wildman–Crippen MR) is 65.9 cm³/mol. The van der Waals surface area contributed by atoms with Crippen LogP contribution >= 0.6 is 0 Å². The Morgan fingerprint density at radius 3 is 2.76 bits per heavy atom. The Labute approximate surface area is 101 Å². The van der Waals surface area contributed by atoms with Gasteiger partial charge < -0.3 is 10.5 Å². The first kappa shape index (κ1) is 13.4. The van der Waals surface area contributed by atoms with Crippen LogP contribution in [0.2, 0.25) is 0 Å². The molecule has 1 atom stereocenters. The molecule has 1 rings (SSSR count). The van der Waals surface area contributed by atoms with Crippen molar-refractivity contribution in [3.05, 3.63) is 33.9 Å². The van der Waals surface area contributed by atoms with E-state index in [4.69, 9.17) is 10.5 Å². The second-order valence-electron chi connectivity index (χ2n) is 4.09. The highest BCUT2D eigenvalue weighted by atomic mass is 16.6. The minimum Gasteiger partial charge on any atom is -0.487 e. The van der Waals surface area contributed by atoms with E-state index >= 15 is 0 Å². The number of ether oxygens (including phenoxy) is 1. The van der Waals surface area contributed by atoms with Crippen LogP contribution in [-0.2, 0) is 6.54 Å². The van der Waals surface area contributed by atoms with Crippen molar-refractivity contribution in [2.45, 2.75) is 26.8 Å². The van der Waals surface area contributed by atoms with E-state index in [2.05, 4.69) is 6.92 Å². The minimum atomic E-state index is -0.438. The van der Waals surface area contributed by atoms with E-state index in [9.17, 15) is 10.1 Å². The SMILES string of the molecule is CCC(C)COc1cc(CN)ccc1[N+](=O)[O-]. The highest BCUT2D eigenvalue weighted by Gasteiger charge is 2.16. The quantitative estimate of drug-likeness (QED) is 0.610. The Balaban J connectivity index is 2.89. The fraction of sp³-hybridized carbons (Fsp3) is 0.500. The Morgan fingerprint density at radius 1 is 1.53 bits per heavy atom. The molecule has 1 aromatic rings. The van der Waals surface area contributed by atoms with Gasteiger partial charge in [-0.3, -0.25) is 10.1 Å². The summed E-state index contributed by atoms with van der Waals surface area (Å²) >= 11 is 0. The topological polar surface area (TPSA) is 78.4 Å². The van der Waals surface area contributed by atoms with E-state index in [-0.39, 0.29) is 5.69 Å². The number of rotatable bonds is 6. The van der Waals surface area contributed by atoms with Gasteiger partial charge >= 0.3 is 5.69 Å². The number of nitro groups is 1. The number of hydrogen-bond donors (Lipinski definition) is 1. The minimum absolute atomic E-state index is 0.00879. The molecule has 5 heteroatoms. The third kappa shape index (κ3) is 3.71. The number of hydrogen-bond acceptors (Lipinski definition) is 4. The molecule has 1 aromatic carbocycles. The molecule has 1 unspecified atom stereocenters. The van der Waals surface area contributed by atoms with Crippen LogP contribution in [0.15, 0.2) is 18.2 Å². The number of benzene rings is 1. The Kier molecular flexibility index (Phi) is 4.90. The van der Waals surface area contributed by atoms with Gasteiger partial charge in [0, 0.05) is 12.6 Å². The molecule has 94 valence electrons. The predicted octanol–water partition coefficient (Wildman–Crippen LogP) is 2.48. The molecule has 0 amide bonds. The summed E-state index contributed by atoms with van der Waals surface area (Å²) in [6, 6.07) is 4.73. The monoisotopic (exact) mass is 238 g/mol. The average molecular weight is 238 g/mol. The third-order valence-corrected chi connectivity index (χ3v) is 2.68. The van der Waals surface area contributed by atoms with E-state index in [1.165, 1.54) is 6.07 Å². The lowest BCUT2D eigenvalue weighted by Gasteiger charge is -2.11. The van der Waals surface area contributed by atoms with Crippen LogP contribution in [0.4, 0.5) is 5.69 Å². The first-order valence-corrected chi connectivity index (χ1v) is 5.68. The van der Waals surface area contributed by atoms with Crippen molar-refractivity contribution in [3.63, 3.8) is 0 Å². The molecule has 5 nitrogen and oxygen atoms in total.